The molecule has 1 heterocycles. The molecular weight excluding hydrogens is 338 g/mol. The van der Waals surface area contributed by atoms with Crippen molar-refractivity contribution in [3.05, 3.63) is 54.6 Å². The summed E-state index contributed by atoms with van der Waals surface area (Å²) in [5.74, 6) is 0.698. The van der Waals surface area contributed by atoms with E-state index in [1.807, 2.05) is 42.5 Å². The van der Waals surface area contributed by atoms with E-state index in [1.54, 1.807) is 13.8 Å². The summed E-state index contributed by atoms with van der Waals surface area (Å²) in [7, 11) is -3.36. The highest BCUT2D eigenvalue weighted by Gasteiger charge is 2.34. The molecule has 0 bridgehead atoms. The van der Waals surface area contributed by atoms with Crippen LogP contribution in [0.1, 0.15) is 13.8 Å². The van der Waals surface area contributed by atoms with E-state index in [0.717, 1.165) is 11.1 Å². The molecule has 0 amide bonds. The second kappa shape index (κ2) is 7.56. The van der Waals surface area contributed by atoms with Crippen molar-refractivity contribution < 1.29 is 17.9 Å². The lowest BCUT2D eigenvalue weighted by molar-refractivity contribution is 0.140. The van der Waals surface area contributed by atoms with Crippen molar-refractivity contribution in [2.24, 2.45) is 0 Å². The third kappa shape index (κ3) is 4.39. The maximum atomic E-state index is 12.1. The third-order valence-corrected chi connectivity index (χ3v) is 6.09. The highest BCUT2D eigenvalue weighted by Crippen LogP contribution is 2.24. The first-order chi connectivity index (χ1) is 12.0. The molecule has 0 aromatic heterocycles. The Balaban J connectivity index is 1.67. The summed E-state index contributed by atoms with van der Waals surface area (Å²) in [6.45, 7) is 3.98. The lowest BCUT2D eigenvalue weighted by atomic mass is 10.1. The first kappa shape index (κ1) is 17.9. The molecule has 2 aromatic rings. The van der Waals surface area contributed by atoms with Crippen LogP contribution in [0, 0.1) is 0 Å². The summed E-state index contributed by atoms with van der Waals surface area (Å²) in [5, 5.41) is -0.487. The Bertz CT molecular complexity index is 788. The van der Waals surface area contributed by atoms with Crippen LogP contribution < -0.4 is 9.46 Å². The zero-order chi connectivity index (χ0) is 17.9. The number of ether oxygens (including phenoxy) is 2. The number of hydrogen-bond donors (Lipinski definition) is 1. The largest absolute Gasteiger partial charge is 0.486 e. The van der Waals surface area contributed by atoms with Gasteiger partial charge in [-0.2, -0.15) is 0 Å². The molecule has 0 aliphatic carbocycles. The molecule has 1 N–H and O–H groups in total. The first-order valence-corrected chi connectivity index (χ1v) is 9.91. The minimum Gasteiger partial charge on any atom is -0.486 e. The summed E-state index contributed by atoms with van der Waals surface area (Å²) >= 11 is 0. The summed E-state index contributed by atoms with van der Waals surface area (Å²) in [6.07, 6.45) is -0.337. The minimum atomic E-state index is -3.36. The molecule has 2 aromatic carbocycles. The van der Waals surface area contributed by atoms with Gasteiger partial charge in [-0.3, -0.25) is 0 Å². The van der Waals surface area contributed by atoms with Gasteiger partial charge in [0.2, 0.25) is 10.0 Å². The van der Waals surface area contributed by atoms with E-state index in [0.29, 0.717) is 19.0 Å². The van der Waals surface area contributed by atoms with Crippen molar-refractivity contribution in [1.82, 2.24) is 4.72 Å². The van der Waals surface area contributed by atoms with Crippen LogP contribution in [0.25, 0.3) is 11.1 Å². The average molecular weight is 361 g/mol. The van der Waals surface area contributed by atoms with Gasteiger partial charge in [0.25, 0.3) is 0 Å². The fourth-order valence-corrected chi connectivity index (χ4v) is 3.55. The molecule has 1 aliphatic heterocycles. The Morgan fingerprint density at radius 3 is 2.28 bits per heavy atom. The summed E-state index contributed by atoms with van der Waals surface area (Å²) in [5.41, 5.74) is 2.24. The van der Waals surface area contributed by atoms with E-state index in [4.69, 9.17) is 9.47 Å². The SMILES string of the molecule is CC(C)S(=O)(=O)NC1COCC1Oc1ccc(-c2ccccc2)cc1. The number of hydrogen-bond acceptors (Lipinski definition) is 4. The molecule has 6 heteroatoms. The zero-order valence-corrected chi connectivity index (χ0v) is 15.2. The van der Waals surface area contributed by atoms with Crippen molar-refractivity contribution in [2.75, 3.05) is 13.2 Å². The van der Waals surface area contributed by atoms with Gasteiger partial charge in [-0.05, 0) is 37.1 Å². The molecule has 5 nitrogen and oxygen atoms in total. The van der Waals surface area contributed by atoms with Crippen LogP contribution >= 0.6 is 0 Å². The fourth-order valence-electron chi connectivity index (χ4n) is 2.64. The number of rotatable bonds is 6. The molecule has 2 unspecified atom stereocenters. The Labute approximate surface area is 149 Å². The summed E-state index contributed by atoms with van der Waals surface area (Å²) in [4.78, 5) is 0. The van der Waals surface area contributed by atoms with Crippen LogP contribution in [0.3, 0.4) is 0 Å². The normalized spacial score (nSPS) is 20.8. The van der Waals surface area contributed by atoms with Crippen molar-refractivity contribution in [2.45, 2.75) is 31.2 Å². The lowest BCUT2D eigenvalue weighted by Crippen LogP contribution is -2.47. The van der Waals surface area contributed by atoms with Gasteiger partial charge in [-0.25, -0.2) is 13.1 Å². The van der Waals surface area contributed by atoms with Crippen molar-refractivity contribution in [1.29, 1.82) is 0 Å². The lowest BCUT2D eigenvalue weighted by Gasteiger charge is -2.21. The van der Waals surface area contributed by atoms with E-state index in [1.165, 1.54) is 0 Å². The quantitative estimate of drug-likeness (QED) is 0.859. The van der Waals surface area contributed by atoms with Crippen LogP contribution in [0.2, 0.25) is 0 Å². The maximum Gasteiger partial charge on any atom is 0.214 e. The van der Waals surface area contributed by atoms with E-state index >= 15 is 0 Å². The van der Waals surface area contributed by atoms with Crippen LogP contribution in [0.4, 0.5) is 0 Å². The van der Waals surface area contributed by atoms with Crippen LogP contribution in [-0.4, -0.2) is 39.0 Å². The standard InChI is InChI=1S/C19H23NO4S/c1-14(2)25(21,22)20-18-12-23-13-19(18)24-17-10-8-16(9-11-17)15-6-4-3-5-7-15/h3-11,14,18-20H,12-13H2,1-2H3. The van der Waals surface area contributed by atoms with Gasteiger partial charge in [0.1, 0.15) is 11.9 Å². The Morgan fingerprint density at radius 2 is 1.64 bits per heavy atom. The topological polar surface area (TPSA) is 64.6 Å². The molecule has 134 valence electrons. The van der Waals surface area contributed by atoms with Crippen molar-refractivity contribution in [3.63, 3.8) is 0 Å². The van der Waals surface area contributed by atoms with Gasteiger partial charge in [-0.1, -0.05) is 42.5 Å². The minimum absolute atomic E-state index is 0.318. The first-order valence-electron chi connectivity index (χ1n) is 8.37. The van der Waals surface area contributed by atoms with E-state index in [-0.39, 0.29) is 12.1 Å². The maximum absolute atomic E-state index is 12.1. The van der Waals surface area contributed by atoms with Crippen molar-refractivity contribution in [3.8, 4) is 16.9 Å². The monoisotopic (exact) mass is 361 g/mol. The molecule has 25 heavy (non-hydrogen) atoms. The van der Waals surface area contributed by atoms with Gasteiger partial charge >= 0.3 is 0 Å². The van der Waals surface area contributed by atoms with E-state index < -0.39 is 15.3 Å². The molecule has 2 atom stereocenters. The highest BCUT2D eigenvalue weighted by atomic mass is 32.2. The second-order valence-corrected chi connectivity index (χ2v) is 8.67. The zero-order valence-electron chi connectivity index (χ0n) is 14.4. The smallest absolute Gasteiger partial charge is 0.214 e. The fraction of sp³-hybridized carbons (Fsp3) is 0.368. The van der Waals surface area contributed by atoms with Crippen molar-refractivity contribution >= 4 is 10.0 Å². The molecule has 3 rings (SSSR count). The second-order valence-electron chi connectivity index (χ2n) is 6.40. The highest BCUT2D eigenvalue weighted by molar-refractivity contribution is 7.90. The number of benzene rings is 2. The Morgan fingerprint density at radius 1 is 1.00 bits per heavy atom. The predicted octanol–water partition coefficient (Wildman–Crippen LogP) is 2.83. The predicted molar refractivity (Wildman–Crippen MR) is 98.1 cm³/mol. The Hall–Kier alpha value is -1.89. The number of nitrogens with one attached hydrogen (secondary N) is 1. The Kier molecular flexibility index (Phi) is 5.42. The van der Waals surface area contributed by atoms with Gasteiger partial charge in [-0.15, -0.1) is 0 Å². The van der Waals surface area contributed by atoms with Gasteiger partial charge in [0, 0.05) is 0 Å². The van der Waals surface area contributed by atoms with E-state index in [2.05, 4.69) is 16.9 Å². The molecule has 1 saturated heterocycles. The van der Waals surface area contributed by atoms with Crippen LogP contribution in [0.5, 0.6) is 5.75 Å². The van der Waals surface area contributed by atoms with Gasteiger partial charge in [0.15, 0.2) is 0 Å². The molecule has 1 fully saturated rings. The third-order valence-electron chi connectivity index (χ3n) is 4.21. The molecule has 0 radical (unpaired) electrons. The van der Waals surface area contributed by atoms with Gasteiger partial charge in [0.05, 0.1) is 24.5 Å². The van der Waals surface area contributed by atoms with E-state index in [9.17, 15) is 8.42 Å². The summed E-state index contributed by atoms with van der Waals surface area (Å²) < 4.78 is 38.2. The summed E-state index contributed by atoms with van der Waals surface area (Å²) in [6, 6.07) is 17.5. The van der Waals surface area contributed by atoms with Gasteiger partial charge < -0.3 is 9.47 Å². The molecule has 1 aliphatic rings. The molecular formula is C19H23NO4S. The number of sulfonamides is 1. The van der Waals surface area contributed by atoms with Crippen LogP contribution in [0.15, 0.2) is 54.6 Å². The van der Waals surface area contributed by atoms with Crippen LogP contribution in [-0.2, 0) is 14.8 Å². The molecule has 0 spiro atoms. The average Bonchev–Trinajstić information content (AvgIpc) is 3.02. The molecule has 0 saturated carbocycles.